The Morgan fingerprint density at radius 2 is 1.84 bits per heavy atom. The maximum absolute atomic E-state index is 10.1. The predicted molar refractivity (Wildman–Crippen MR) is 74.1 cm³/mol. The van der Waals surface area contributed by atoms with E-state index < -0.39 is 6.10 Å². The number of ether oxygens (including phenoxy) is 2. The molecule has 4 nitrogen and oxygen atoms in total. The number of aliphatic hydroxyl groups is 1. The van der Waals surface area contributed by atoms with E-state index in [1.54, 1.807) is 33.3 Å². The standard InChI is InChI=1S/C15H18O4/c1-9(16)4-10-5-11-7-12(18-2)8-14(19-3)15(11)13(17)6-10/h5-9,16-17H,4H2,1-3H3/t9-/m0/s1. The molecule has 2 aromatic carbocycles. The van der Waals surface area contributed by atoms with Gasteiger partial charge in [-0.15, -0.1) is 0 Å². The summed E-state index contributed by atoms with van der Waals surface area (Å²) in [5, 5.41) is 21.1. The maximum atomic E-state index is 10.1. The highest BCUT2D eigenvalue weighted by Crippen LogP contribution is 2.37. The van der Waals surface area contributed by atoms with Crippen LogP contribution in [0.4, 0.5) is 0 Å². The van der Waals surface area contributed by atoms with E-state index in [0.717, 1.165) is 10.9 Å². The highest BCUT2D eigenvalue weighted by atomic mass is 16.5. The van der Waals surface area contributed by atoms with Crippen molar-refractivity contribution in [2.24, 2.45) is 0 Å². The van der Waals surface area contributed by atoms with Gasteiger partial charge in [0.1, 0.15) is 17.2 Å². The van der Waals surface area contributed by atoms with Crippen LogP contribution in [0, 0.1) is 0 Å². The number of hydrogen-bond acceptors (Lipinski definition) is 4. The van der Waals surface area contributed by atoms with Gasteiger partial charge in [-0.1, -0.05) is 6.07 Å². The van der Waals surface area contributed by atoms with Crippen molar-refractivity contribution in [3.8, 4) is 17.2 Å². The Morgan fingerprint density at radius 1 is 1.11 bits per heavy atom. The Kier molecular flexibility index (Phi) is 3.81. The largest absolute Gasteiger partial charge is 0.507 e. The van der Waals surface area contributed by atoms with Crippen LogP contribution in [-0.2, 0) is 6.42 Å². The quantitative estimate of drug-likeness (QED) is 0.888. The van der Waals surface area contributed by atoms with Crippen LogP contribution in [0.3, 0.4) is 0 Å². The summed E-state index contributed by atoms with van der Waals surface area (Å²) >= 11 is 0. The van der Waals surface area contributed by atoms with Gasteiger partial charge in [-0.3, -0.25) is 0 Å². The van der Waals surface area contributed by atoms with Crippen LogP contribution < -0.4 is 9.47 Å². The number of rotatable bonds is 4. The molecule has 0 radical (unpaired) electrons. The lowest BCUT2D eigenvalue weighted by atomic mass is 10.0. The fourth-order valence-electron chi connectivity index (χ4n) is 2.23. The summed E-state index contributed by atoms with van der Waals surface area (Å²) in [5.74, 6) is 1.38. The topological polar surface area (TPSA) is 58.9 Å². The third kappa shape index (κ3) is 2.74. The molecule has 0 aromatic heterocycles. The molecule has 2 rings (SSSR count). The second-order valence-electron chi connectivity index (χ2n) is 4.60. The molecule has 0 aliphatic heterocycles. The Morgan fingerprint density at radius 3 is 2.42 bits per heavy atom. The van der Waals surface area contributed by atoms with Crippen molar-refractivity contribution < 1.29 is 19.7 Å². The van der Waals surface area contributed by atoms with E-state index in [1.807, 2.05) is 12.1 Å². The molecule has 0 amide bonds. The van der Waals surface area contributed by atoms with Gasteiger partial charge in [-0.2, -0.15) is 0 Å². The first-order valence-electron chi connectivity index (χ1n) is 6.11. The molecule has 0 unspecified atom stereocenters. The molecule has 0 saturated carbocycles. The van der Waals surface area contributed by atoms with Gasteiger partial charge in [0.15, 0.2) is 0 Å². The second kappa shape index (κ2) is 5.36. The van der Waals surface area contributed by atoms with E-state index in [-0.39, 0.29) is 5.75 Å². The van der Waals surface area contributed by atoms with Gasteiger partial charge in [0.2, 0.25) is 0 Å². The molecule has 2 aromatic rings. The Bertz CT molecular complexity index is 590. The Balaban J connectivity index is 2.65. The highest BCUT2D eigenvalue weighted by molar-refractivity contribution is 5.95. The molecule has 0 heterocycles. The first-order chi connectivity index (χ1) is 9.05. The molecule has 0 spiro atoms. The van der Waals surface area contributed by atoms with Crippen molar-refractivity contribution in [3.63, 3.8) is 0 Å². The average Bonchev–Trinajstić information content (AvgIpc) is 2.36. The van der Waals surface area contributed by atoms with Gasteiger partial charge in [0.25, 0.3) is 0 Å². The summed E-state index contributed by atoms with van der Waals surface area (Å²) in [6.45, 7) is 1.72. The van der Waals surface area contributed by atoms with Gasteiger partial charge in [0, 0.05) is 6.07 Å². The summed E-state index contributed by atoms with van der Waals surface area (Å²) in [6, 6.07) is 7.15. The molecule has 0 aliphatic rings. The van der Waals surface area contributed by atoms with Crippen LogP contribution in [0.25, 0.3) is 10.8 Å². The zero-order valence-corrected chi connectivity index (χ0v) is 11.3. The lowest BCUT2D eigenvalue weighted by Gasteiger charge is -2.12. The smallest absolute Gasteiger partial charge is 0.134 e. The first-order valence-corrected chi connectivity index (χ1v) is 6.11. The number of phenols is 1. The van der Waals surface area contributed by atoms with Gasteiger partial charge in [-0.25, -0.2) is 0 Å². The predicted octanol–water partition coefficient (Wildman–Crippen LogP) is 2.49. The lowest BCUT2D eigenvalue weighted by Crippen LogP contribution is -2.04. The van der Waals surface area contributed by atoms with E-state index in [1.165, 1.54) is 0 Å². The number of hydrogen-bond donors (Lipinski definition) is 2. The fourth-order valence-corrected chi connectivity index (χ4v) is 2.23. The molecular formula is C15H18O4. The van der Waals surface area contributed by atoms with Crippen molar-refractivity contribution in [3.05, 3.63) is 29.8 Å². The van der Waals surface area contributed by atoms with Gasteiger partial charge in [0.05, 0.1) is 25.7 Å². The molecule has 0 fully saturated rings. The van der Waals surface area contributed by atoms with Crippen LogP contribution in [-0.4, -0.2) is 30.5 Å². The third-order valence-electron chi connectivity index (χ3n) is 3.01. The summed E-state index contributed by atoms with van der Waals surface area (Å²) in [4.78, 5) is 0. The Hall–Kier alpha value is -1.94. The lowest BCUT2D eigenvalue weighted by molar-refractivity contribution is 0.195. The van der Waals surface area contributed by atoms with Crippen molar-refractivity contribution in [1.82, 2.24) is 0 Å². The molecule has 1 atom stereocenters. The van der Waals surface area contributed by atoms with Crippen LogP contribution in [0.1, 0.15) is 12.5 Å². The third-order valence-corrected chi connectivity index (χ3v) is 3.01. The van der Waals surface area contributed by atoms with Crippen molar-refractivity contribution in [2.45, 2.75) is 19.4 Å². The first kappa shape index (κ1) is 13.5. The summed E-state index contributed by atoms with van der Waals surface area (Å²) in [5.41, 5.74) is 0.871. The minimum atomic E-state index is -0.454. The SMILES string of the molecule is COc1cc(OC)c2c(O)cc(C[C@H](C)O)cc2c1. The number of benzene rings is 2. The van der Waals surface area contributed by atoms with Crippen molar-refractivity contribution in [1.29, 1.82) is 0 Å². The zero-order chi connectivity index (χ0) is 14.0. The zero-order valence-electron chi connectivity index (χ0n) is 11.3. The number of aliphatic hydroxyl groups excluding tert-OH is 1. The van der Waals surface area contributed by atoms with Crippen molar-refractivity contribution >= 4 is 10.8 Å². The average molecular weight is 262 g/mol. The summed E-state index contributed by atoms with van der Waals surface area (Å²) in [6.07, 6.45) is 0.0348. The molecule has 19 heavy (non-hydrogen) atoms. The van der Waals surface area contributed by atoms with Crippen LogP contribution >= 0.6 is 0 Å². The van der Waals surface area contributed by atoms with E-state index in [2.05, 4.69) is 0 Å². The Labute approximate surface area is 112 Å². The van der Waals surface area contributed by atoms with Crippen LogP contribution in [0.5, 0.6) is 17.2 Å². The minimum absolute atomic E-state index is 0.146. The minimum Gasteiger partial charge on any atom is -0.507 e. The number of aromatic hydroxyl groups is 1. The summed E-state index contributed by atoms with van der Waals surface area (Å²) < 4.78 is 10.5. The molecule has 0 bridgehead atoms. The van der Waals surface area contributed by atoms with E-state index in [9.17, 15) is 10.2 Å². The number of fused-ring (bicyclic) bond motifs is 1. The van der Waals surface area contributed by atoms with E-state index >= 15 is 0 Å². The van der Waals surface area contributed by atoms with Gasteiger partial charge in [-0.05, 0) is 36.4 Å². The monoisotopic (exact) mass is 262 g/mol. The fraction of sp³-hybridized carbons (Fsp3) is 0.333. The van der Waals surface area contributed by atoms with E-state index in [0.29, 0.717) is 23.3 Å². The van der Waals surface area contributed by atoms with Gasteiger partial charge < -0.3 is 19.7 Å². The van der Waals surface area contributed by atoms with Crippen LogP contribution in [0.15, 0.2) is 24.3 Å². The molecular weight excluding hydrogens is 244 g/mol. The molecule has 0 saturated heterocycles. The molecule has 0 aliphatic carbocycles. The maximum Gasteiger partial charge on any atom is 0.134 e. The van der Waals surface area contributed by atoms with Crippen molar-refractivity contribution in [2.75, 3.05) is 14.2 Å². The summed E-state index contributed by atoms with van der Waals surface area (Å²) in [7, 11) is 3.14. The van der Waals surface area contributed by atoms with Gasteiger partial charge >= 0.3 is 0 Å². The number of methoxy groups -OCH3 is 2. The second-order valence-corrected chi connectivity index (χ2v) is 4.60. The number of phenolic OH excluding ortho intramolecular Hbond substituents is 1. The molecule has 4 heteroatoms. The van der Waals surface area contributed by atoms with E-state index in [4.69, 9.17) is 9.47 Å². The highest BCUT2D eigenvalue weighted by Gasteiger charge is 2.12. The normalized spacial score (nSPS) is 12.4. The van der Waals surface area contributed by atoms with Crippen LogP contribution in [0.2, 0.25) is 0 Å². The molecule has 2 N–H and O–H groups in total. The molecule has 102 valence electrons.